The van der Waals surface area contributed by atoms with E-state index in [1.54, 1.807) is 25.1 Å². The predicted octanol–water partition coefficient (Wildman–Crippen LogP) is 4.28. The number of nitrogens with zero attached hydrogens (tertiary/aromatic N) is 2. The van der Waals surface area contributed by atoms with Gasteiger partial charge < -0.3 is 21.1 Å². The highest BCUT2D eigenvalue weighted by Gasteiger charge is 2.15. The Bertz CT molecular complexity index is 850. The highest BCUT2D eigenvalue weighted by Crippen LogP contribution is 2.28. The third-order valence-corrected chi connectivity index (χ3v) is 4.68. The van der Waals surface area contributed by atoms with Gasteiger partial charge in [-0.25, -0.2) is 14.8 Å². The van der Waals surface area contributed by atoms with Crippen LogP contribution in [0.15, 0.2) is 42.2 Å². The summed E-state index contributed by atoms with van der Waals surface area (Å²) in [5, 5.41) is 6.43. The van der Waals surface area contributed by atoms with Crippen LogP contribution in [0.2, 0.25) is 0 Å². The van der Waals surface area contributed by atoms with Gasteiger partial charge in [0.15, 0.2) is 11.6 Å². The Kier molecular flexibility index (Phi) is 6.84. The molecule has 7 heteroatoms. The maximum absolute atomic E-state index is 12.2. The van der Waals surface area contributed by atoms with Crippen LogP contribution in [0.5, 0.6) is 0 Å². The van der Waals surface area contributed by atoms with Gasteiger partial charge in [-0.1, -0.05) is 23.8 Å². The van der Waals surface area contributed by atoms with Crippen molar-refractivity contribution in [3.63, 3.8) is 0 Å². The molecule has 1 heterocycles. The second-order valence-electron chi connectivity index (χ2n) is 6.66. The maximum Gasteiger partial charge on any atom is 0.340 e. The van der Waals surface area contributed by atoms with E-state index in [1.807, 2.05) is 6.07 Å². The summed E-state index contributed by atoms with van der Waals surface area (Å²) in [6, 6.07) is 7.11. The van der Waals surface area contributed by atoms with Gasteiger partial charge in [0.1, 0.15) is 12.0 Å². The van der Waals surface area contributed by atoms with Crippen LogP contribution in [-0.2, 0) is 4.74 Å². The van der Waals surface area contributed by atoms with Gasteiger partial charge in [0.25, 0.3) is 0 Å². The molecule has 0 spiro atoms. The van der Waals surface area contributed by atoms with Crippen LogP contribution in [-0.4, -0.2) is 29.1 Å². The van der Waals surface area contributed by atoms with E-state index in [2.05, 4.69) is 26.7 Å². The normalized spacial score (nSPS) is 13.5. The second-order valence-corrected chi connectivity index (χ2v) is 6.66. The molecular weight excluding hydrogens is 354 g/mol. The molecule has 28 heavy (non-hydrogen) atoms. The SMILES string of the molecule is CCOC(=O)c1ccccc1Nc1ncnc(NCCC2=CCCCC2)c1N. The topological polar surface area (TPSA) is 102 Å². The molecule has 0 unspecified atom stereocenters. The first kappa shape index (κ1) is 19.7. The first-order valence-electron chi connectivity index (χ1n) is 9.74. The van der Waals surface area contributed by atoms with E-state index in [0.29, 0.717) is 35.2 Å². The van der Waals surface area contributed by atoms with Crippen molar-refractivity contribution in [2.75, 3.05) is 29.5 Å². The summed E-state index contributed by atoms with van der Waals surface area (Å²) in [5.41, 5.74) is 9.18. The lowest BCUT2D eigenvalue weighted by molar-refractivity contribution is 0.0527. The zero-order valence-electron chi connectivity index (χ0n) is 16.2. The van der Waals surface area contributed by atoms with Gasteiger partial charge in [0.05, 0.1) is 17.9 Å². The number of ether oxygens (including phenoxy) is 1. The first-order chi connectivity index (χ1) is 13.7. The summed E-state index contributed by atoms with van der Waals surface area (Å²) in [4.78, 5) is 20.6. The van der Waals surface area contributed by atoms with Crippen LogP contribution >= 0.6 is 0 Å². The lowest BCUT2D eigenvalue weighted by atomic mass is 9.97. The Morgan fingerprint density at radius 1 is 1.21 bits per heavy atom. The molecule has 4 N–H and O–H groups in total. The van der Waals surface area contributed by atoms with Gasteiger partial charge in [0.2, 0.25) is 0 Å². The lowest BCUT2D eigenvalue weighted by Gasteiger charge is -2.16. The predicted molar refractivity (Wildman–Crippen MR) is 112 cm³/mol. The standard InChI is InChI=1S/C21H27N5O2/c1-2-28-21(27)16-10-6-7-11-17(16)26-20-18(22)19(24-14-25-20)23-13-12-15-8-4-3-5-9-15/h6-8,10-11,14H,2-5,9,12-13,22H2,1H3,(H2,23,24,25,26). The smallest absolute Gasteiger partial charge is 0.340 e. The Morgan fingerprint density at radius 3 is 2.82 bits per heavy atom. The molecule has 0 amide bonds. The fraction of sp³-hybridized carbons (Fsp3) is 0.381. The van der Waals surface area contributed by atoms with Crippen LogP contribution < -0.4 is 16.4 Å². The van der Waals surface area contributed by atoms with Crippen molar-refractivity contribution in [1.82, 2.24) is 9.97 Å². The molecule has 7 nitrogen and oxygen atoms in total. The van der Waals surface area contributed by atoms with Gasteiger partial charge in [0, 0.05) is 6.54 Å². The van der Waals surface area contributed by atoms with Gasteiger partial charge in [-0.15, -0.1) is 0 Å². The minimum absolute atomic E-state index is 0.313. The molecule has 3 rings (SSSR count). The summed E-state index contributed by atoms with van der Waals surface area (Å²) in [7, 11) is 0. The number of para-hydroxylation sites is 1. The number of esters is 1. The number of allylic oxidation sites excluding steroid dienone is 1. The van der Waals surface area contributed by atoms with Gasteiger partial charge in [-0.05, 0) is 51.2 Å². The average Bonchev–Trinajstić information content (AvgIpc) is 2.72. The zero-order chi connectivity index (χ0) is 19.8. The number of aromatic nitrogens is 2. The van der Waals surface area contributed by atoms with Crippen molar-refractivity contribution in [2.45, 2.75) is 39.0 Å². The second kappa shape index (κ2) is 9.73. The molecule has 0 fully saturated rings. The molecule has 1 aromatic carbocycles. The minimum atomic E-state index is -0.391. The fourth-order valence-corrected chi connectivity index (χ4v) is 3.22. The number of anilines is 4. The molecule has 0 bridgehead atoms. The summed E-state index contributed by atoms with van der Waals surface area (Å²) in [5.74, 6) is 0.644. The van der Waals surface area contributed by atoms with Gasteiger partial charge >= 0.3 is 5.97 Å². The van der Waals surface area contributed by atoms with E-state index in [9.17, 15) is 4.79 Å². The van der Waals surface area contributed by atoms with E-state index in [-0.39, 0.29) is 0 Å². The van der Waals surface area contributed by atoms with E-state index >= 15 is 0 Å². The van der Waals surface area contributed by atoms with Crippen LogP contribution in [0, 0.1) is 0 Å². The van der Waals surface area contributed by atoms with Crippen LogP contribution in [0.3, 0.4) is 0 Å². The number of nitrogens with one attached hydrogen (secondary N) is 2. The van der Waals surface area contributed by atoms with E-state index < -0.39 is 5.97 Å². The molecule has 1 aliphatic carbocycles. The monoisotopic (exact) mass is 381 g/mol. The molecule has 1 aromatic heterocycles. The number of carbonyl (C=O) groups excluding carboxylic acids is 1. The van der Waals surface area contributed by atoms with Crippen molar-refractivity contribution in [3.05, 3.63) is 47.8 Å². The van der Waals surface area contributed by atoms with Crippen molar-refractivity contribution < 1.29 is 9.53 Å². The largest absolute Gasteiger partial charge is 0.462 e. The lowest BCUT2D eigenvalue weighted by Crippen LogP contribution is -2.12. The van der Waals surface area contributed by atoms with E-state index in [1.165, 1.54) is 37.6 Å². The number of hydrogen-bond acceptors (Lipinski definition) is 7. The Balaban J connectivity index is 1.69. The fourth-order valence-electron chi connectivity index (χ4n) is 3.22. The molecular formula is C21H27N5O2. The van der Waals surface area contributed by atoms with Gasteiger partial charge in [-0.2, -0.15) is 0 Å². The summed E-state index contributed by atoms with van der Waals surface area (Å²) in [6.07, 6.45) is 9.70. The van der Waals surface area contributed by atoms with Crippen molar-refractivity contribution >= 4 is 29.0 Å². The van der Waals surface area contributed by atoms with E-state index in [4.69, 9.17) is 10.5 Å². The summed E-state index contributed by atoms with van der Waals surface area (Å²) in [6.45, 7) is 2.86. The number of benzene rings is 1. The molecule has 0 saturated carbocycles. The molecule has 2 aromatic rings. The molecule has 0 aliphatic heterocycles. The van der Waals surface area contributed by atoms with Crippen LogP contribution in [0.25, 0.3) is 0 Å². The van der Waals surface area contributed by atoms with Gasteiger partial charge in [-0.3, -0.25) is 0 Å². The molecule has 0 radical (unpaired) electrons. The Morgan fingerprint density at radius 2 is 2.04 bits per heavy atom. The van der Waals surface area contributed by atoms with Crippen molar-refractivity contribution in [2.24, 2.45) is 0 Å². The maximum atomic E-state index is 12.2. The van der Waals surface area contributed by atoms with E-state index in [0.717, 1.165) is 13.0 Å². The number of rotatable bonds is 8. The number of hydrogen-bond donors (Lipinski definition) is 3. The van der Waals surface area contributed by atoms with Crippen LogP contribution in [0.1, 0.15) is 49.4 Å². The summed E-state index contributed by atoms with van der Waals surface area (Å²) < 4.78 is 5.11. The third-order valence-electron chi connectivity index (χ3n) is 4.68. The first-order valence-corrected chi connectivity index (χ1v) is 9.74. The highest BCUT2D eigenvalue weighted by molar-refractivity contribution is 5.97. The summed E-state index contributed by atoms with van der Waals surface area (Å²) >= 11 is 0. The quantitative estimate of drug-likeness (QED) is 0.463. The number of carbonyl (C=O) groups is 1. The minimum Gasteiger partial charge on any atom is -0.462 e. The highest BCUT2D eigenvalue weighted by atomic mass is 16.5. The molecule has 0 atom stereocenters. The Labute approximate surface area is 165 Å². The third kappa shape index (κ3) is 5.00. The molecule has 148 valence electrons. The Hall–Kier alpha value is -3.09. The average molecular weight is 381 g/mol. The number of nitrogens with two attached hydrogens (primary N) is 1. The molecule has 0 saturated heterocycles. The van der Waals surface area contributed by atoms with Crippen molar-refractivity contribution in [1.29, 1.82) is 0 Å². The van der Waals surface area contributed by atoms with Crippen LogP contribution in [0.4, 0.5) is 23.0 Å². The van der Waals surface area contributed by atoms with Crippen molar-refractivity contribution in [3.8, 4) is 0 Å². The zero-order valence-corrected chi connectivity index (χ0v) is 16.2. The number of nitrogen functional groups attached to an aromatic ring is 1. The molecule has 1 aliphatic rings.